The predicted molar refractivity (Wildman–Crippen MR) is 515 cm³/mol. The number of esters is 1. The number of Topliss-reactive ketones (excluding diaryl/α,β-unsaturated/α-hetero) is 2. The first-order valence-electron chi connectivity index (χ1n) is 47.9. The Balaban J connectivity index is 0.000000212. The lowest BCUT2D eigenvalue weighted by atomic mass is 9.71. The first-order valence-corrected chi connectivity index (χ1v) is 48.2. The maximum atomic E-state index is 13.3. The van der Waals surface area contributed by atoms with E-state index in [0.717, 1.165) is 11.0 Å². The van der Waals surface area contributed by atoms with Crippen LogP contribution in [0.2, 0.25) is 5.02 Å². The van der Waals surface area contributed by atoms with Crippen molar-refractivity contribution in [1.29, 1.82) is 10.8 Å². The smallest absolute Gasteiger partial charge is 0.370 e. The molecular formula is C96H138ClN13O37. The van der Waals surface area contributed by atoms with Gasteiger partial charge in [0.2, 0.25) is 34.9 Å². The number of fused-ring (bicyclic) bond motifs is 4. The van der Waals surface area contributed by atoms with Crippen molar-refractivity contribution < 1.29 is 176 Å². The molecule has 147 heavy (non-hydrogen) atoms. The number of hydrogen-bond donors (Lipinski definition) is 24. The molecule has 51 heteroatoms. The van der Waals surface area contributed by atoms with Crippen molar-refractivity contribution in [1.82, 2.24) is 30.4 Å². The number of nitrogens with zero attached hydrogens (tertiary/aromatic N) is 3. The normalized spacial score (nSPS) is 36.5. The Labute approximate surface area is 850 Å². The second-order valence-corrected chi connectivity index (χ2v) is 38.7. The number of amides is 3. The largest absolute Gasteiger partial charge is 0.496 e. The number of carboxylic acid groups (broad SMARTS) is 3. The summed E-state index contributed by atoms with van der Waals surface area (Å²) in [5.41, 5.74) is 26.7. The minimum Gasteiger partial charge on any atom is -0.496 e. The van der Waals surface area contributed by atoms with Crippen LogP contribution in [0.1, 0.15) is 148 Å². The number of ether oxygens (including phenoxy) is 12. The van der Waals surface area contributed by atoms with Crippen molar-refractivity contribution in [3.63, 3.8) is 0 Å². The van der Waals surface area contributed by atoms with E-state index < -0.39 is 230 Å². The van der Waals surface area contributed by atoms with Crippen molar-refractivity contribution in [3.8, 4) is 17.2 Å². The molecular weight excluding hydrogens is 1960 g/mol. The zero-order valence-electron chi connectivity index (χ0n) is 82.7. The highest BCUT2D eigenvalue weighted by atomic mass is 35.5. The minimum absolute atomic E-state index is 0.00492. The molecule has 2 bridgehead atoms. The van der Waals surface area contributed by atoms with Gasteiger partial charge in [-0.25, -0.2) is 19.2 Å². The Kier molecular flexibility index (Phi) is 43.4. The number of aromatic nitrogens is 2. The van der Waals surface area contributed by atoms with Gasteiger partial charge in [0.25, 0.3) is 0 Å². The van der Waals surface area contributed by atoms with E-state index in [1.807, 2.05) is 13.0 Å². The monoisotopic (exact) mass is 2100 g/mol. The summed E-state index contributed by atoms with van der Waals surface area (Å²) >= 11 is 6.33. The topological polar surface area (TPSA) is 820 Å². The number of cyclic esters (lactones) is 1. The summed E-state index contributed by atoms with van der Waals surface area (Å²) < 4.78 is 68.0. The average Bonchev–Trinajstić information content (AvgIpc) is 1.55. The van der Waals surface area contributed by atoms with Crippen LogP contribution in [-0.4, -0.2) is 362 Å². The van der Waals surface area contributed by atoms with E-state index in [4.69, 9.17) is 113 Å². The van der Waals surface area contributed by atoms with Crippen LogP contribution in [0.15, 0.2) is 108 Å². The predicted octanol–water partition coefficient (Wildman–Crippen LogP) is -2.58. The summed E-state index contributed by atoms with van der Waals surface area (Å²) in [6.45, 7) is 11.1. The molecule has 3 amide bonds. The molecule has 0 radical (unpaired) electrons. The molecule has 1 spiro atoms. The number of nitrogen functional groups attached to an aromatic ring is 1. The SMILES string of the molecule is CN(CCC(N)CC(=O)N[C@H]1C=C[C@H](n2ccc(N)nc2=O)O[C@@H]1C(=O)O)C(=N)N.COC1=CC(=O)C[C@@H](C)[C@]12Oc1c(Cl)c(OC)cc(OC)c1C2=O.C[C@@H]1C/C=C/C=C/C=C/C=C/[C@H](O[C@@H]2O[C@H](C)[C@@H](O)[C@H](N)[C@@H]2O)C[C@@H]2O[C@](O)(C[C@@H](O)C[C@H]3O[C@@H]3/C=C/C(=O)O1)C[C@H](O)[C@H]2C(=O)O.C[C@@H]1C[C@@H]([C@H](O)CC2CC(=O)NC(=O)C2)C(=O)[C@@H](C)C1.C[C@H]1O[C@H](O[C@H]2[C@H](O)[C@@H](O)[C@@H](O)[C@H](O)[C@@H]2O)[C@@H](N)C[C@@H]1NC(=N)C(=O)O. The summed E-state index contributed by atoms with van der Waals surface area (Å²) in [6, 6.07) is -0.999. The van der Waals surface area contributed by atoms with Crippen molar-refractivity contribution in [3.05, 3.63) is 124 Å². The number of benzene rings is 1. The Morgan fingerprint density at radius 3 is 1.98 bits per heavy atom. The highest BCUT2D eigenvalue weighted by Gasteiger charge is 2.61. The third-order valence-corrected chi connectivity index (χ3v) is 27.1. The van der Waals surface area contributed by atoms with Crippen LogP contribution in [0.4, 0.5) is 5.82 Å². The number of methoxy groups -OCH3 is 3. The lowest BCUT2D eigenvalue weighted by Crippen LogP contribution is -2.66. The Bertz CT molecular complexity index is 5230. The third kappa shape index (κ3) is 31.6. The number of allylic oxidation sites excluding steroid dienone is 7. The van der Waals surface area contributed by atoms with Crippen molar-refractivity contribution >= 4 is 88.2 Å². The zero-order valence-corrected chi connectivity index (χ0v) is 83.4. The van der Waals surface area contributed by atoms with Crippen LogP contribution < -0.4 is 64.5 Å². The number of epoxide rings is 1. The van der Waals surface area contributed by atoms with E-state index in [-0.39, 0.29) is 138 Å². The summed E-state index contributed by atoms with van der Waals surface area (Å²) in [7, 11) is 5.94. The molecule has 1 unspecified atom stereocenters. The minimum atomic E-state index is -2.10. The number of amidine groups is 1. The van der Waals surface area contributed by atoms with Crippen LogP contribution in [-0.2, 0) is 85.8 Å². The van der Waals surface area contributed by atoms with Gasteiger partial charge in [-0.2, -0.15) is 4.98 Å². The third-order valence-electron chi connectivity index (χ3n) is 26.8. The fourth-order valence-corrected chi connectivity index (χ4v) is 19.0. The molecule has 29 N–H and O–H groups in total. The number of aliphatic carboxylic acids is 3. The number of nitrogens with one attached hydrogen (secondary N) is 5. The lowest BCUT2D eigenvalue weighted by molar-refractivity contribution is -0.308. The standard InChI is InChI=1S/C33H47NO13.C17H17ClO6.C17H26N8O5.C15H23NO4.C14H25N3O9/c1-18-10-8-6-4-3-5-7-9-11-21(45-32-30(39)28(34)29(38)19(2)44-32)15-25-27(31(40)41)22(36)17-33(42,47-25)16-20(35)14-24-23(46-24)12-13-26(37)43-18;1-8-5-9(19)6-12(23-4)17(8)16(20)13-10(21-2)7-11(22-3)14(18)15(13)24-17;1-24(16(20)21)6-4-9(18)8-12(26)22-10-2-3-13(30-14(10)15(27)28)25-7-5-11(19)23-17(25)29;1-8-3-9(2)15(20)11(4-8)12(17)5-10-6-13(18)16-14(19)7-10;1-3-5(17-12(16)13(23)24)2-4(15)14(25-3)26-11-9(21)7(19)6(18)8(20)10(11)22/h3-9,11-13,18-25,27-30,32,35-36,38-39,42H,10,14-17,34H2,1-2H3,(H,40,41);6-8H,5H2,1-4H3;2-3,5,7,9-10,13-14H,4,6,8,18H2,1H3,(H3,20,21)(H,22,26)(H,27,28)(H2,19,23,29);8-12,17H,3-7H2,1-2H3,(H,16,18,19);3-11,14,18-22H,2,15H2,1H3,(H2,16,17)(H,23,24)/b4-3+,7-5+,8-6+,11-9+,13-12+;;;;/t18-,19-,20+,21+,22+,23-,24-,25+,27-,28+,29-,30+,32+,33-;8-,17+;9?,10-,13+,14-;8-,9-,11-,12+;3-,4+,5+,6-,7+,8+,9-,10+,11+,14-/m11001/s1. The van der Waals surface area contributed by atoms with E-state index in [1.165, 1.54) is 74.9 Å². The number of hydrogen-bond acceptors (Lipinski definition) is 41. The number of imide groups is 1. The van der Waals surface area contributed by atoms with Crippen LogP contribution in [0, 0.1) is 46.3 Å². The number of halogens is 1. The molecule has 8 aliphatic heterocycles. The number of piperidine rings is 1. The highest BCUT2D eigenvalue weighted by molar-refractivity contribution is 6.35. The number of aliphatic hydroxyl groups excluding tert-OH is 10. The first-order chi connectivity index (χ1) is 69.1. The van der Waals surface area contributed by atoms with E-state index in [2.05, 4.69) is 27.9 Å². The van der Waals surface area contributed by atoms with Crippen LogP contribution in [0.25, 0.3) is 0 Å². The summed E-state index contributed by atoms with van der Waals surface area (Å²) in [5, 5.41) is 164. The Hall–Kier alpha value is -11.0. The number of aliphatic hydroxyl groups is 11. The van der Waals surface area contributed by atoms with E-state index in [9.17, 15) is 119 Å². The molecule has 2 saturated carbocycles. The van der Waals surface area contributed by atoms with Crippen molar-refractivity contribution in [2.45, 2.75) is 308 Å². The molecule has 7 fully saturated rings. The number of rotatable bonds is 20. The number of nitrogens with two attached hydrogens (primary N) is 5. The van der Waals surface area contributed by atoms with Gasteiger partial charge in [-0.15, -0.1) is 0 Å². The molecule has 34 atom stereocenters. The van der Waals surface area contributed by atoms with E-state index >= 15 is 0 Å². The second kappa shape index (κ2) is 53.4. The number of ketones is 3. The highest BCUT2D eigenvalue weighted by Crippen LogP contribution is 2.55. The van der Waals surface area contributed by atoms with E-state index in [0.29, 0.717) is 49.6 Å². The van der Waals surface area contributed by atoms with Crippen LogP contribution in [0.5, 0.6) is 17.2 Å². The maximum absolute atomic E-state index is 13.3. The fraction of sp³-hybridized carbons (Fsp3) is 0.625. The molecule has 9 heterocycles. The van der Waals surface area contributed by atoms with E-state index in [1.54, 1.807) is 77.3 Å². The molecule has 1 aromatic carbocycles. The maximum Gasteiger partial charge on any atom is 0.370 e. The summed E-state index contributed by atoms with van der Waals surface area (Å²) in [5.74, 6) is -9.82. The number of carbonyl (C=O) groups is 10. The van der Waals surface area contributed by atoms with Gasteiger partial charge in [-0.05, 0) is 82.9 Å². The molecule has 5 saturated heterocycles. The summed E-state index contributed by atoms with van der Waals surface area (Å²) in [6.07, 6.45) is -1.03. The van der Waals surface area contributed by atoms with Crippen LogP contribution in [0.3, 0.4) is 0 Å². The van der Waals surface area contributed by atoms with Crippen LogP contribution >= 0.6 is 11.6 Å². The Morgan fingerprint density at radius 1 is 0.721 bits per heavy atom. The molecule has 816 valence electrons. The van der Waals surface area contributed by atoms with Gasteiger partial charge in [-0.1, -0.05) is 87.1 Å². The number of carboxylic acids is 3. The van der Waals surface area contributed by atoms with Gasteiger partial charge in [0.05, 0.1) is 100 Å². The second-order valence-electron chi connectivity index (χ2n) is 38.3. The number of carbonyl (C=O) groups excluding carboxylic acids is 7. The number of guanidine groups is 1. The zero-order chi connectivity index (χ0) is 109. The van der Waals surface area contributed by atoms with Gasteiger partial charge in [0, 0.05) is 120 Å². The first kappa shape index (κ1) is 120. The van der Waals surface area contributed by atoms with Crippen molar-refractivity contribution in [2.24, 2.45) is 58.4 Å². The molecule has 50 nitrogen and oxygen atoms in total. The number of anilines is 1. The lowest BCUT2D eigenvalue weighted by Gasteiger charge is -2.45. The van der Waals surface area contributed by atoms with Gasteiger partial charge >= 0.3 is 29.6 Å². The average molecular weight is 2100 g/mol. The molecule has 2 aromatic rings. The fourth-order valence-electron chi connectivity index (χ4n) is 18.8. The quantitative estimate of drug-likeness (QED) is 0.0162. The van der Waals surface area contributed by atoms with Gasteiger partial charge in [0.15, 0.2) is 54.0 Å². The van der Waals surface area contributed by atoms with Gasteiger partial charge < -0.3 is 173 Å². The molecule has 13 rings (SSSR count). The summed E-state index contributed by atoms with van der Waals surface area (Å²) in [4.78, 5) is 136. The van der Waals surface area contributed by atoms with Crippen molar-refractivity contribution in [2.75, 3.05) is 40.7 Å². The Morgan fingerprint density at radius 2 is 1.36 bits per heavy atom. The van der Waals surface area contributed by atoms with Gasteiger partial charge in [-0.3, -0.25) is 54.3 Å². The molecule has 11 aliphatic rings. The van der Waals surface area contributed by atoms with Gasteiger partial charge in [0.1, 0.15) is 94.5 Å². The molecule has 1 aromatic heterocycles. The molecule has 3 aliphatic carbocycles.